The van der Waals surface area contributed by atoms with Crippen LogP contribution in [0.3, 0.4) is 0 Å². The summed E-state index contributed by atoms with van der Waals surface area (Å²) in [6, 6.07) is 10.9. The third kappa shape index (κ3) is 4.45. The van der Waals surface area contributed by atoms with E-state index in [0.717, 1.165) is 24.2 Å². The number of aryl methyl sites for hydroxylation is 2. The van der Waals surface area contributed by atoms with E-state index in [2.05, 4.69) is 25.2 Å². The molecule has 0 saturated heterocycles. The Morgan fingerprint density at radius 3 is 2.62 bits per heavy atom. The highest BCUT2D eigenvalue weighted by molar-refractivity contribution is 7.80. The van der Waals surface area contributed by atoms with Crippen molar-refractivity contribution >= 4 is 23.1 Å². The second-order valence-corrected chi connectivity index (χ2v) is 5.69. The first-order valence-corrected chi connectivity index (χ1v) is 8.36. The normalized spacial score (nSPS) is 10.3. The zero-order valence-electron chi connectivity index (χ0n) is 14.2. The Balaban J connectivity index is 2.21. The van der Waals surface area contributed by atoms with Crippen LogP contribution in [0, 0.1) is 5.82 Å². The van der Waals surface area contributed by atoms with Crippen LogP contribution in [0.4, 0.5) is 10.1 Å². The third-order valence-electron chi connectivity index (χ3n) is 3.83. The Morgan fingerprint density at radius 2 is 1.96 bits per heavy atom. The van der Waals surface area contributed by atoms with Crippen LogP contribution in [0.25, 0.3) is 0 Å². The molecule has 0 fully saturated rings. The molecule has 0 saturated carbocycles. The molecule has 0 heterocycles. The van der Waals surface area contributed by atoms with Crippen molar-refractivity contribution in [2.24, 2.45) is 0 Å². The highest BCUT2D eigenvalue weighted by Gasteiger charge is 2.12. The highest BCUT2D eigenvalue weighted by atomic mass is 32.1. The van der Waals surface area contributed by atoms with Gasteiger partial charge in [0.05, 0.1) is 12.8 Å². The molecule has 5 heteroatoms. The average molecular weight is 347 g/mol. The van der Waals surface area contributed by atoms with Gasteiger partial charge in [-0.15, -0.1) is 0 Å². The lowest BCUT2D eigenvalue weighted by Crippen LogP contribution is -2.14. The molecule has 1 N–H and O–H groups in total. The fourth-order valence-electron chi connectivity index (χ4n) is 2.40. The van der Waals surface area contributed by atoms with E-state index >= 15 is 0 Å². The molecule has 0 unspecified atom stereocenters. The van der Waals surface area contributed by atoms with Crippen molar-refractivity contribution in [2.45, 2.75) is 33.3 Å². The van der Waals surface area contributed by atoms with Gasteiger partial charge in [-0.2, -0.15) is 0 Å². The number of halogens is 1. The van der Waals surface area contributed by atoms with Gasteiger partial charge in [0.2, 0.25) is 0 Å². The number of hydrogen-bond donors (Lipinski definition) is 1. The molecule has 0 aliphatic rings. The molecule has 2 aromatic rings. The van der Waals surface area contributed by atoms with E-state index in [4.69, 9.17) is 21.7 Å². The first-order valence-electron chi connectivity index (χ1n) is 7.96. The van der Waals surface area contributed by atoms with E-state index in [1.54, 1.807) is 12.1 Å². The maximum Gasteiger partial charge on any atom is 0.260 e. The molecule has 0 radical (unpaired) electrons. The van der Waals surface area contributed by atoms with Crippen LogP contribution in [0.2, 0.25) is 0 Å². The molecule has 0 aromatic heterocycles. The van der Waals surface area contributed by atoms with Crippen molar-refractivity contribution in [1.82, 2.24) is 0 Å². The summed E-state index contributed by atoms with van der Waals surface area (Å²) in [5.74, 6) is 0.431. The summed E-state index contributed by atoms with van der Waals surface area (Å²) in [5, 5.41) is 3.06. The largest absolute Gasteiger partial charge is 0.488 e. The molecule has 0 amide bonds. The lowest BCUT2D eigenvalue weighted by atomic mass is 10.1. The second-order valence-electron chi connectivity index (χ2n) is 5.32. The summed E-state index contributed by atoms with van der Waals surface area (Å²) < 4.78 is 25.0. The Labute approximate surface area is 147 Å². The van der Waals surface area contributed by atoms with Crippen molar-refractivity contribution in [2.75, 3.05) is 12.4 Å². The van der Waals surface area contributed by atoms with Crippen molar-refractivity contribution in [3.8, 4) is 5.75 Å². The minimum Gasteiger partial charge on any atom is -0.488 e. The first kappa shape index (κ1) is 18.2. The summed E-state index contributed by atoms with van der Waals surface area (Å²) in [7, 11) is 1.47. The number of ether oxygens (including phenoxy) is 2. The molecular weight excluding hydrogens is 325 g/mol. The number of anilines is 1. The molecule has 0 atom stereocenters. The summed E-state index contributed by atoms with van der Waals surface area (Å²) >= 11 is 4.99. The molecule has 0 spiro atoms. The minimum atomic E-state index is -0.345. The average Bonchev–Trinajstić information content (AvgIpc) is 2.61. The Kier molecular flexibility index (Phi) is 6.55. The van der Waals surface area contributed by atoms with Gasteiger partial charge in [0.15, 0.2) is 0 Å². The quantitative estimate of drug-likeness (QED) is 0.755. The van der Waals surface area contributed by atoms with Gasteiger partial charge in [0.25, 0.3) is 5.17 Å². The molecule has 0 aliphatic carbocycles. The Morgan fingerprint density at radius 1 is 1.17 bits per heavy atom. The summed E-state index contributed by atoms with van der Waals surface area (Å²) in [6.07, 6.45) is 1.84. The van der Waals surface area contributed by atoms with Gasteiger partial charge in [-0.05, 0) is 54.4 Å². The second kappa shape index (κ2) is 8.64. The van der Waals surface area contributed by atoms with Gasteiger partial charge in [-0.3, -0.25) is 0 Å². The van der Waals surface area contributed by atoms with Gasteiger partial charge >= 0.3 is 0 Å². The first-order chi connectivity index (χ1) is 11.6. The molecule has 128 valence electrons. The monoisotopic (exact) mass is 347 g/mol. The topological polar surface area (TPSA) is 30.5 Å². The minimum absolute atomic E-state index is 0.111. The maximum atomic E-state index is 14.2. The van der Waals surface area contributed by atoms with E-state index in [1.807, 2.05) is 12.1 Å². The maximum absolute atomic E-state index is 14.2. The van der Waals surface area contributed by atoms with E-state index < -0.39 is 0 Å². The number of hydrogen-bond acceptors (Lipinski definition) is 3. The van der Waals surface area contributed by atoms with E-state index in [-0.39, 0.29) is 17.6 Å². The van der Waals surface area contributed by atoms with Crippen molar-refractivity contribution in [3.05, 3.63) is 58.9 Å². The van der Waals surface area contributed by atoms with Crippen LogP contribution in [0.15, 0.2) is 36.4 Å². The summed E-state index contributed by atoms with van der Waals surface area (Å²) in [5.41, 5.74) is 3.34. The SMILES string of the molecule is CCc1ccc(OCc2c(F)cccc2NC(=S)OC)c(CC)c1. The van der Waals surface area contributed by atoms with Crippen LogP contribution < -0.4 is 10.1 Å². The third-order valence-corrected chi connectivity index (χ3v) is 4.10. The predicted molar refractivity (Wildman–Crippen MR) is 99.2 cm³/mol. The van der Waals surface area contributed by atoms with E-state index in [1.165, 1.54) is 18.7 Å². The summed E-state index contributed by atoms with van der Waals surface area (Å²) in [6.45, 7) is 4.31. The van der Waals surface area contributed by atoms with Crippen molar-refractivity contribution in [3.63, 3.8) is 0 Å². The Bertz CT molecular complexity index is 719. The van der Waals surface area contributed by atoms with Crippen molar-refractivity contribution < 1.29 is 13.9 Å². The van der Waals surface area contributed by atoms with Crippen LogP contribution >= 0.6 is 12.2 Å². The molecule has 3 nitrogen and oxygen atoms in total. The van der Waals surface area contributed by atoms with Gasteiger partial charge in [-0.1, -0.05) is 32.0 Å². The van der Waals surface area contributed by atoms with E-state index in [9.17, 15) is 4.39 Å². The standard InChI is InChI=1S/C19H22FNO2S/c1-4-13-9-10-18(14(5-2)11-13)23-12-15-16(20)7-6-8-17(15)21-19(24)22-3/h6-11H,4-5,12H2,1-3H3,(H,21,24). The number of nitrogens with one attached hydrogen (secondary N) is 1. The van der Waals surface area contributed by atoms with Gasteiger partial charge < -0.3 is 14.8 Å². The number of thiocarbonyl (C=S) groups is 1. The number of benzene rings is 2. The molecular formula is C19H22FNO2S. The smallest absolute Gasteiger partial charge is 0.260 e. The number of rotatable bonds is 6. The fraction of sp³-hybridized carbons (Fsp3) is 0.316. The molecule has 2 rings (SSSR count). The molecule has 0 bridgehead atoms. The summed E-state index contributed by atoms with van der Waals surface area (Å²) in [4.78, 5) is 0. The van der Waals surface area contributed by atoms with Crippen LogP contribution in [0.5, 0.6) is 5.75 Å². The molecule has 2 aromatic carbocycles. The predicted octanol–water partition coefficient (Wildman–Crippen LogP) is 4.87. The van der Waals surface area contributed by atoms with Crippen LogP contribution in [-0.4, -0.2) is 12.3 Å². The van der Waals surface area contributed by atoms with Gasteiger partial charge in [-0.25, -0.2) is 4.39 Å². The van der Waals surface area contributed by atoms with Crippen molar-refractivity contribution in [1.29, 1.82) is 0 Å². The fourth-order valence-corrected chi connectivity index (χ4v) is 2.51. The van der Waals surface area contributed by atoms with E-state index in [0.29, 0.717) is 11.3 Å². The molecule has 0 aliphatic heterocycles. The zero-order chi connectivity index (χ0) is 17.5. The van der Waals surface area contributed by atoms with Gasteiger partial charge in [0.1, 0.15) is 18.2 Å². The lowest BCUT2D eigenvalue weighted by molar-refractivity contribution is 0.297. The van der Waals surface area contributed by atoms with Gasteiger partial charge in [0, 0.05) is 5.56 Å². The number of methoxy groups -OCH3 is 1. The lowest BCUT2D eigenvalue weighted by Gasteiger charge is -2.15. The molecule has 24 heavy (non-hydrogen) atoms. The zero-order valence-corrected chi connectivity index (χ0v) is 15.0. The Hall–Kier alpha value is -2.14. The highest BCUT2D eigenvalue weighted by Crippen LogP contribution is 2.25. The van der Waals surface area contributed by atoms with Crippen LogP contribution in [0.1, 0.15) is 30.5 Å². The van der Waals surface area contributed by atoms with Crippen LogP contribution in [-0.2, 0) is 24.2 Å².